The number of aromatic nitrogens is 1. The van der Waals surface area contributed by atoms with E-state index in [1.807, 2.05) is 0 Å². The zero-order valence-corrected chi connectivity index (χ0v) is 21.4. The van der Waals surface area contributed by atoms with Gasteiger partial charge in [0.05, 0.1) is 17.8 Å². The predicted octanol–water partition coefficient (Wildman–Crippen LogP) is 6.54. The Balaban J connectivity index is 1.12. The van der Waals surface area contributed by atoms with Gasteiger partial charge in [0.25, 0.3) is 0 Å². The molecule has 4 heteroatoms. The molecule has 3 aromatic rings. The SMILES string of the molecule is OC(CCN1CCC(C2Oc3ccccc3Cn3cccc32)CC1)(c1ccccc1)C1CCCCC1. The molecule has 1 saturated heterocycles. The van der Waals surface area contributed by atoms with Crippen LogP contribution >= 0.6 is 0 Å². The van der Waals surface area contributed by atoms with Gasteiger partial charge in [-0.15, -0.1) is 0 Å². The van der Waals surface area contributed by atoms with Crippen LogP contribution in [0.4, 0.5) is 0 Å². The summed E-state index contributed by atoms with van der Waals surface area (Å²) >= 11 is 0. The molecule has 0 radical (unpaired) electrons. The minimum absolute atomic E-state index is 0.106. The zero-order valence-electron chi connectivity index (χ0n) is 21.4. The zero-order chi connectivity index (χ0) is 24.4. The third-order valence-corrected chi connectivity index (χ3v) is 9.15. The molecule has 2 unspecified atom stereocenters. The molecule has 190 valence electrons. The van der Waals surface area contributed by atoms with Crippen LogP contribution in [0.15, 0.2) is 72.9 Å². The molecule has 3 aliphatic rings. The molecule has 4 nitrogen and oxygen atoms in total. The van der Waals surface area contributed by atoms with Crippen molar-refractivity contribution in [3.8, 4) is 5.75 Å². The summed E-state index contributed by atoms with van der Waals surface area (Å²) in [4.78, 5) is 2.58. The van der Waals surface area contributed by atoms with Crippen molar-refractivity contribution in [3.63, 3.8) is 0 Å². The first-order valence-corrected chi connectivity index (χ1v) is 14.1. The largest absolute Gasteiger partial charge is 0.484 e. The van der Waals surface area contributed by atoms with Gasteiger partial charge in [-0.25, -0.2) is 0 Å². The summed E-state index contributed by atoms with van der Waals surface area (Å²) in [6.45, 7) is 3.98. The van der Waals surface area contributed by atoms with Gasteiger partial charge in [-0.3, -0.25) is 0 Å². The highest BCUT2D eigenvalue weighted by atomic mass is 16.5. The molecule has 0 bridgehead atoms. The summed E-state index contributed by atoms with van der Waals surface area (Å²) in [5.74, 6) is 1.92. The van der Waals surface area contributed by atoms with E-state index in [-0.39, 0.29) is 6.10 Å². The second kappa shape index (κ2) is 10.4. The lowest BCUT2D eigenvalue weighted by Crippen LogP contribution is -2.43. The molecule has 2 aromatic carbocycles. The fraction of sp³-hybridized carbons (Fsp3) is 0.500. The second-order valence-electron chi connectivity index (χ2n) is 11.3. The molecule has 2 aliphatic heterocycles. The average Bonchev–Trinajstić information content (AvgIpc) is 3.34. The van der Waals surface area contributed by atoms with Crippen molar-refractivity contribution in [2.24, 2.45) is 11.8 Å². The van der Waals surface area contributed by atoms with Crippen molar-refractivity contribution in [2.75, 3.05) is 19.6 Å². The van der Waals surface area contributed by atoms with Crippen LogP contribution < -0.4 is 4.74 Å². The van der Waals surface area contributed by atoms with Crippen LogP contribution in [0.1, 0.15) is 74.3 Å². The number of likely N-dealkylation sites (tertiary alicyclic amines) is 1. The Morgan fingerprint density at radius 2 is 1.58 bits per heavy atom. The van der Waals surface area contributed by atoms with E-state index in [1.165, 1.54) is 30.5 Å². The molecule has 2 fully saturated rings. The molecule has 1 saturated carbocycles. The van der Waals surface area contributed by atoms with E-state index in [0.29, 0.717) is 11.8 Å². The maximum Gasteiger partial charge on any atom is 0.141 e. The first kappa shape index (κ1) is 23.8. The molecule has 3 heterocycles. The topological polar surface area (TPSA) is 37.6 Å². The highest BCUT2D eigenvalue weighted by molar-refractivity contribution is 5.36. The molecule has 0 spiro atoms. The number of benzene rings is 2. The summed E-state index contributed by atoms with van der Waals surface area (Å²) in [5.41, 5.74) is 2.96. The Morgan fingerprint density at radius 1 is 0.833 bits per heavy atom. The van der Waals surface area contributed by atoms with Crippen LogP contribution in [-0.2, 0) is 12.1 Å². The monoisotopic (exact) mass is 484 g/mol. The third-order valence-electron chi connectivity index (χ3n) is 9.15. The number of nitrogens with zero attached hydrogens (tertiary/aromatic N) is 2. The van der Waals surface area contributed by atoms with Gasteiger partial charge in [0.1, 0.15) is 11.9 Å². The maximum absolute atomic E-state index is 12.1. The van der Waals surface area contributed by atoms with Crippen molar-refractivity contribution in [1.29, 1.82) is 0 Å². The summed E-state index contributed by atoms with van der Waals surface area (Å²) in [7, 11) is 0. The Hall–Kier alpha value is -2.56. The molecule has 36 heavy (non-hydrogen) atoms. The number of piperidine rings is 1. The van der Waals surface area contributed by atoms with Crippen molar-refractivity contribution in [2.45, 2.75) is 69.6 Å². The van der Waals surface area contributed by atoms with Gasteiger partial charge in [0.15, 0.2) is 0 Å². The number of ether oxygens (including phenoxy) is 1. The van der Waals surface area contributed by atoms with Gasteiger partial charge in [-0.2, -0.15) is 0 Å². The Morgan fingerprint density at radius 3 is 2.39 bits per heavy atom. The fourth-order valence-corrected chi connectivity index (χ4v) is 7.00. The van der Waals surface area contributed by atoms with E-state index in [1.54, 1.807) is 0 Å². The van der Waals surface area contributed by atoms with E-state index < -0.39 is 5.60 Å². The van der Waals surface area contributed by atoms with Gasteiger partial charge in [0.2, 0.25) is 0 Å². The van der Waals surface area contributed by atoms with Crippen LogP contribution in [-0.4, -0.2) is 34.2 Å². The van der Waals surface area contributed by atoms with E-state index in [4.69, 9.17) is 4.74 Å². The number of rotatable bonds is 6. The first-order chi connectivity index (χ1) is 17.7. The third kappa shape index (κ3) is 4.73. The molecular weight excluding hydrogens is 444 g/mol. The first-order valence-electron chi connectivity index (χ1n) is 14.1. The van der Waals surface area contributed by atoms with E-state index in [2.05, 4.69) is 82.4 Å². The standard InChI is InChI=1S/C32H40N2O2/c35-32(27-11-3-1-4-12-27,28-13-5-2-6-14-28)19-23-33-21-17-25(18-22-33)31-29-15-9-20-34(29)24-26-10-7-8-16-30(26)36-31/h1,3-4,7-12,15-16,20,25,28,31,35H,2,5-6,13-14,17-19,21-24H2. The van der Waals surface area contributed by atoms with E-state index >= 15 is 0 Å². The predicted molar refractivity (Wildman–Crippen MR) is 144 cm³/mol. The average molecular weight is 485 g/mol. The molecule has 6 rings (SSSR count). The van der Waals surface area contributed by atoms with Crippen molar-refractivity contribution >= 4 is 0 Å². The van der Waals surface area contributed by atoms with Crippen molar-refractivity contribution in [1.82, 2.24) is 9.47 Å². The van der Waals surface area contributed by atoms with Gasteiger partial charge < -0.3 is 19.3 Å². The van der Waals surface area contributed by atoms with Gasteiger partial charge >= 0.3 is 0 Å². The quantitative estimate of drug-likeness (QED) is 0.432. The number of hydrogen-bond donors (Lipinski definition) is 1. The minimum atomic E-state index is -0.715. The lowest BCUT2D eigenvalue weighted by Gasteiger charge is -2.41. The van der Waals surface area contributed by atoms with Crippen LogP contribution in [0.25, 0.3) is 0 Å². The second-order valence-corrected chi connectivity index (χ2v) is 11.3. The number of fused-ring (bicyclic) bond motifs is 2. The van der Waals surface area contributed by atoms with Crippen molar-refractivity contribution < 1.29 is 9.84 Å². The summed E-state index contributed by atoms with van der Waals surface area (Å²) in [5, 5.41) is 12.1. The van der Waals surface area contributed by atoms with Gasteiger partial charge in [0, 0.05) is 24.2 Å². The highest BCUT2D eigenvalue weighted by Gasteiger charge is 2.39. The normalized spacial score (nSPS) is 23.2. The summed E-state index contributed by atoms with van der Waals surface area (Å²) < 4.78 is 9.06. The lowest BCUT2D eigenvalue weighted by atomic mass is 9.71. The molecule has 2 atom stereocenters. The number of aliphatic hydroxyl groups is 1. The van der Waals surface area contributed by atoms with Gasteiger partial charge in [-0.1, -0.05) is 67.8 Å². The summed E-state index contributed by atoms with van der Waals surface area (Å²) in [6, 6.07) is 23.4. The Labute approximate surface area is 215 Å². The molecule has 1 N–H and O–H groups in total. The van der Waals surface area contributed by atoms with Crippen LogP contribution in [0.2, 0.25) is 0 Å². The van der Waals surface area contributed by atoms with Crippen LogP contribution in [0.3, 0.4) is 0 Å². The minimum Gasteiger partial charge on any atom is -0.484 e. The highest BCUT2D eigenvalue weighted by Crippen LogP contribution is 2.43. The molecule has 0 amide bonds. The van der Waals surface area contributed by atoms with E-state index in [9.17, 15) is 5.11 Å². The molecule has 1 aliphatic carbocycles. The Bertz CT molecular complexity index is 1130. The van der Waals surface area contributed by atoms with Crippen molar-refractivity contribution in [3.05, 3.63) is 89.7 Å². The molecular formula is C32H40N2O2. The van der Waals surface area contributed by atoms with Gasteiger partial charge in [-0.05, 0) is 74.9 Å². The van der Waals surface area contributed by atoms with E-state index in [0.717, 1.165) is 69.6 Å². The summed E-state index contributed by atoms with van der Waals surface area (Å²) in [6.07, 6.45) is 11.5. The Kier molecular flexibility index (Phi) is 6.90. The van der Waals surface area contributed by atoms with Crippen LogP contribution in [0.5, 0.6) is 5.75 Å². The number of para-hydroxylation sites is 1. The lowest BCUT2D eigenvalue weighted by molar-refractivity contribution is -0.0545. The smallest absolute Gasteiger partial charge is 0.141 e. The number of hydrogen-bond acceptors (Lipinski definition) is 3. The molecule has 1 aromatic heterocycles. The maximum atomic E-state index is 12.1. The van der Waals surface area contributed by atoms with Crippen LogP contribution in [0, 0.1) is 11.8 Å². The fourth-order valence-electron chi connectivity index (χ4n) is 7.00.